The average molecular weight is 278 g/mol. The third-order valence-corrected chi connectivity index (χ3v) is 5.74. The van der Waals surface area contributed by atoms with Crippen LogP contribution in [-0.4, -0.2) is 30.4 Å². The summed E-state index contributed by atoms with van der Waals surface area (Å²) < 4.78 is 0. The zero-order valence-corrected chi connectivity index (χ0v) is 12.5. The lowest BCUT2D eigenvalue weighted by molar-refractivity contribution is -0.133. The van der Waals surface area contributed by atoms with Gasteiger partial charge in [0.2, 0.25) is 5.91 Å². The van der Waals surface area contributed by atoms with Crippen LogP contribution in [0.4, 0.5) is 0 Å². The van der Waals surface area contributed by atoms with Crippen LogP contribution in [0.5, 0.6) is 0 Å². The molecule has 1 aromatic rings. The molecule has 2 heterocycles. The van der Waals surface area contributed by atoms with Crippen molar-refractivity contribution in [2.45, 2.75) is 38.8 Å². The lowest BCUT2D eigenvalue weighted by Gasteiger charge is -2.24. The molecule has 1 aliphatic carbocycles. The van der Waals surface area contributed by atoms with Gasteiger partial charge in [0.25, 0.3) is 0 Å². The van der Waals surface area contributed by atoms with Gasteiger partial charge < -0.3 is 10.2 Å². The lowest BCUT2D eigenvalue weighted by atomic mass is 9.93. The Kier molecular flexibility index (Phi) is 3.63. The maximum atomic E-state index is 12.6. The smallest absolute Gasteiger partial charge is 0.240 e. The molecule has 1 amide bonds. The molecule has 4 heteroatoms. The number of thiophene rings is 1. The summed E-state index contributed by atoms with van der Waals surface area (Å²) in [5.74, 6) is 1.60. The van der Waals surface area contributed by atoms with Crippen molar-refractivity contribution >= 4 is 17.2 Å². The molecule has 19 heavy (non-hydrogen) atoms. The zero-order valence-electron chi connectivity index (χ0n) is 11.7. The topological polar surface area (TPSA) is 32.3 Å². The van der Waals surface area contributed by atoms with E-state index in [0.29, 0.717) is 5.92 Å². The Morgan fingerprint density at radius 3 is 3.11 bits per heavy atom. The molecule has 3 unspecified atom stereocenters. The minimum atomic E-state index is 0.0674. The van der Waals surface area contributed by atoms with Crippen LogP contribution in [0.3, 0.4) is 0 Å². The summed E-state index contributed by atoms with van der Waals surface area (Å²) in [6, 6.07) is 2.19. The molecule has 3 nitrogen and oxygen atoms in total. The van der Waals surface area contributed by atoms with E-state index in [0.717, 1.165) is 19.0 Å². The summed E-state index contributed by atoms with van der Waals surface area (Å²) in [5, 5.41) is 5.55. The van der Waals surface area contributed by atoms with Gasteiger partial charge in [-0.05, 0) is 55.2 Å². The summed E-state index contributed by atoms with van der Waals surface area (Å²) in [5.41, 5.74) is 1.29. The van der Waals surface area contributed by atoms with Crippen LogP contribution < -0.4 is 5.32 Å². The van der Waals surface area contributed by atoms with Crippen molar-refractivity contribution in [1.29, 1.82) is 0 Å². The highest BCUT2D eigenvalue weighted by Gasteiger charge is 2.43. The average Bonchev–Trinajstić information content (AvgIpc) is 3.05. The van der Waals surface area contributed by atoms with Gasteiger partial charge in [0.05, 0.1) is 12.6 Å². The first kappa shape index (κ1) is 13.1. The Balaban J connectivity index is 1.65. The van der Waals surface area contributed by atoms with Crippen molar-refractivity contribution in [2.75, 3.05) is 13.6 Å². The van der Waals surface area contributed by atoms with E-state index in [-0.39, 0.29) is 11.9 Å². The number of likely N-dealkylation sites (N-methyl/N-ethyl adjacent to an activating group) is 1. The predicted octanol–water partition coefficient (Wildman–Crippen LogP) is 2.40. The molecule has 1 saturated carbocycles. The van der Waals surface area contributed by atoms with Gasteiger partial charge in [-0.15, -0.1) is 11.3 Å². The number of amides is 1. The van der Waals surface area contributed by atoms with E-state index < -0.39 is 0 Å². The first-order chi connectivity index (χ1) is 9.16. The summed E-state index contributed by atoms with van der Waals surface area (Å²) in [6.07, 6.45) is 3.82. The minimum absolute atomic E-state index is 0.0674. The van der Waals surface area contributed by atoms with Crippen molar-refractivity contribution in [3.63, 3.8) is 0 Å². The van der Waals surface area contributed by atoms with Crippen molar-refractivity contribution in [3.05, 3.63) is 21.9 Å². The van der Waals surface area contributed by atoms with Gasteiger partial charge >= 0.3 is 0 Å². The highest BCUT2D eigenvalue weighted by molar-refractivity contribution is 7.10. The fraction of sp³-hybridized carbons (Fsp3) is 0.667. The molecular weight excluding hydrogens is 256 g/mol. The van der Waals surface area contributed by atoms with Gasteiger partial charge in [0.15, 0.2) is 0 Å². The number of carbonyl (C=O) groups excluding carboxylic acids is 1. The summed E-state index contributed by atoms with van der Waals surface area (Å²) in [6.45, 7) is 3.90. The number of carbonyl (C=O) groups is 1. The van der Waals surface area contributed by atoms with E-state index in [1.807, 2.05) is 11.9 Å². The second kappa shape index (κ2) is 5.25. The normalized spacial score (nSPS) is 29.5. The maximum Gasteiger partial charge on any atom is 0.240 e. The molecule has 0 aromatic carbocycles. The summed E-state index contributed by atoms with van der Waals surface area (Å²) in [4.78, 5) is 15.8. The molecule has 1 saturated heterocycles. The number of hydrogen-bond donors (Lipinski definition) is 1. The van der Waals surface area contributed by atoms with Crippen molar-refractivity contribution in [3.8, 4) is 0 Å². The van der Waals surface area contributed by atoms with Crippen molar-refractivity contribution < 1.29 is 4.79 Å². The van der Waals surface area contributed by atoms with Gasteiger partial charge in [-0.3, -0.25) is 4.79 Å². The predicted molar refractivity (Wildman–Crippen MR) is 78.2 cm³/mol. The largest absolute Gasteiger partial charge is 0.339 e. The standard InChI is InChI=1S/C15H22N2OS/c1-10-6-7-19-13(10)9-17(2)15(18)14-12-5-3-4-11(12)8-16-14/h6-7,11-12,14,16H,3-5,8-9H2,1-2H3. The van der Waals surface area contributed by atoms with Crippen LogP contribution in [0.2, 0.25) is 0 Å². The molecule has 104 valence electrons. The number of fused-ring (bicyclic) bond motifs is 1. The van der Waals surface area contributed by atoms with Crippen LogP contribution in [-0.2, 0) is 11.3 Å². The van der Waals surface area contributed by atoms with E-state index in [2.05, 4.69) is 23.7 Å². The molecule has 1 aliphatic heterocycles. The highest BCUT2D eigenvalue weighted by Crippen LogP contribution is 2.38. The molecule has 2 fully saturated rings. The number of aryl methyl sites for hydroxylation is 1. The molecule has 3 rings (SSSR count). The highest BCUT2D eigenvalue weighted by atomic mass is 32.1. The van der Waals surface area contributed by atoms with Crippen LogP contribution >= 0.6 is 11.3 Å². The number of nitrogens with one attached hydrogen (secondary N) is 1. The van der Waals surface area contributed by atoms with Gasteiger partial charge in [0.1, 0.15) is 0 Å². The SMILES string of the molecule is Cc1ccsc1CN(C)C(=O)C1NCC2CCCC21. The third kappa shape index (κ3) is 2.43. The van der Waals surface area contributed by atoms with Crippen LogP contribution in [0, 0.1) is 18.8 Å². The monoisotopic (exact) mass is 278 g/mol. The van der Waals surface area contributed by atoms with Gasteiger partial charge in [-0.2, -0.15) is 0 Å². The number of rotatable bonds is 3. The molecule has 1 aromatic heterocycles. The van der Waals surface area contributed by atoms with Gasteiger partial charge in [0, 0.05) is 11.9 Å². The Morgan fingerprint density at radius 2 is 2.37 bits per heavy atom. The minimum Gasteiger partial charge on any atom is -0.339 e. The maximum absolute atomic E-state index is 12.6. The lowest BCUT2D eigenvalue weighted by Crippen LogP contribution is -2.44. The second-order valence-electron chi connectivity index (χ2n) is 5.96. The molecule has 2 aliphatic rings. The van der Waals surface area contributed by atoms with E-state index >= 15 is 0 Å². The number of nitrogens with zero attached hydrogens (tertiary/aromatic N) is 1. The molecular formula is C15H22N2OS. The van der Waals surface area contributed by atoms with Crippen LogP contribution in [0.1, 0.15) is 29.7 Å². The molecule has 0 spiro atoms. The first-order valence-electron chi connectivity index (χ1n) is 7.18. The van der Waals surface area contributed by atoms with E-state index in [9.17, 15) is 4.79 Å². The summed E-state index contributed by atoms with van der Waals surface area (Å²) >= 11 is 1.74. The number of hydrogen-bond acceptors (Lipinski definition) is 3. The Morgan fingerprint density at radius 1 is 1.53 bits per heavy atom. The Labute approximate surface area is 119 Å². The fourth-order valence-electron chi connectivity index (χ4n) is 3.55. The van der Waals surface area contributed by atoms with Crippen LogP contribution in [0.25, 0.3) is 0 Å². The molecule has 0 bridgehead atoms. The van der Waals surface area contributed by atoms with Crippen molar-refractivity contribution in [1.82, 2.24) is 10.2 Å². The quantitative estimate of drug-likeness (QED) is 0.921. The summed E-state index contributed by atoms with van der Waals surface area (Å²) in [7, 11) is 1.94. The first-order valence-corrected chi connectivity index (χ1v) is 8.06. The Hall–Kier alpha value is -0.870. The van der Waals surface area contributed by atoms with Gasteiger partial charge in [-0.25, -0.2) is 0 Å². The molecule has 0 radical (unpaired) electrons. The van der Waals surface area contributed by atoms with E-state index in [1.165, 1.54) is 29.7 Å². The zero-order chi connectivity index (χ0) is 13.4. The van der Waals surface area contributed by atoms with Gasteiger partial charge in [-0.1, -0.05) is 6.42 Å². The van der Waals surface area contributed by atoms with Crippen molar-refractivity contribution in [2.24, 2.45) is 11.8 Å². The molecule has 1 N–H and O–H groups in total. The van der Waals surface area contributed by atoms with E-state index in [1.54, 1.807) is 11.3 Å². The van der Waals surface area contributed by atoms with E-state index in [4.69, 9.17) is 0 Å². The fourth-order valence-corrected chi connectivity index (χ4v) is 4.51. The third-order valence-electron chi connectivity index (χ3n) is 4.74. The molecule has 3 atom stereocenters. The second-order valence-corrected chi connectivity index (χ2v) is 6.96. The van der Waals surface area contributed by atoms with Crippen LogP contribution in [0.15, 0.2) is 11.4 Å². The Bertz CT molecular complexity index is 470.